The highest BCUT2D eigenvalue weighted by Gasteiger charge is 2.32. The van der Waals surface area contributed by atoms with Gasteiger partial charge in [0.15, 0.2) is 11.6 Å². The maximum atomic E-state index is 14.9. The Balaban J connectivity index is 2.06. The number of nitrogens with one attached hydrogen (secondary N) is 2. The third-order valence-corrected chi connectivity index (χ3v) is 4.75. The van der Waals surface area contributed by atoms with Crippen molar-refractivity contribution >= 4 is 23.5 Å². The fraction of sp³-hybridized carbons (Fsp3) is 0.471. The van der Waals surface area contributed by atoms with E-state index >= 15 is 0 Å². The number of hydrogen-bond donors (Lipinski definition) is 4. The standard InChI is InChI=1S/C17H23FN6O/c1-21-7-9(6-19)15-13-10(8-22-17(13)25)14(18)16(24-15)23-12-5-3-2-4-11(12)20/h6-7,11-12H,2-5,8,19-20H2,1H3,(H,22,25)(H,23,24)/b9-6+,21-7?/t11-,12+/m0/s1. The van der Waals surface area contributed by atoms with Crippen LogP contribution in [0.3, 0.4) is 0 Å². The molecule has 1 amide bonds. The summed E-state index contributed by atoms with van der Waals surface area (Å²) in [6, 6.07) is -0.0926. The van der Waals surface area contributed by atoms with Gasteiger partial charge in [-0.05, 0) is 12.8 Å². The minimum Gasteiger partial charge on any atom is -0.404 e. The fourth-order valence-corrected chi connectivity index (χ4v) is 3.42. The maximum absolute atomic E-state index is 14.9. The highest BCUT2D eigenvalue weighted by molar-refractivity contribution is 6.14. The van der Waals surface area contributed by atoms with Crippen molar-refractivity contribution in [2.75, 3.05) is 12.4 Å². The highest BCUT2D eigenvalue weighted by Crippen LogP contribution is 2.31. The lowest BCUT2D eigenvalue weighted by Crippen LogP contribution is -2.43. The number of carbonyl (C=O) groups excluding carboxylic acids is 1. The molecule has 1 saturated carbocycles. The second-order valence-electron chi connectivity index (χ2n) is 6.37. The van der Waals surface area contributed by atoms with E-state index in [4.69, 9.17) is 11.5 Å². The van der Waals surface area contributed by atoms with Crippen molar-refractivity contribution in [2.45, 2.75) is 44.3 Å². The molecule has 1 fully saturated rings. The van der Waals surface area contributed by atoms with Gasteiger partial charge in [0.1, 0.15) is 0 Å². The lowest BCUT2D eigenvalue weighted by atomic mass is 9.91. The van der Waals surface area contributed by atoms with Crippen LogP contribution in [0.25, 0.3) is 5.57 Å². The minimum atomic E-state index is -0.514. The molecule has 134 valence electrons. The molecule has 25 heavy (non-hydrogen) atoms. The molecule has 2 aliphatic rings. The number of aliphatic imine (C=N–C) groups is 1. The number of pyridine rings is 1. The third-order valence-electron chi connectivity index (χ3n) is 4.75. The zero-order valence-corrected chi connectivity index (χ0v) is 14.2. The van der Waals surface area contributed by atoms with Crippen molar-refractivity contribution in [3.05, 3.63) is 28.8 Å². The number of amides is 1. The van der Waals surface area contributed by atoms with E-state index in [0.717, 1.165) is 25.7 Å². The molecule has 1 aromatic rings. The van der Waals surface area contributed by atoms with Gasteiger partial charge in [0.25, 0.3) is 5.91 Å². The molecule has 7 nitrogen and oxygen atoms in total. The number of halogens is 1. The van der Waals surface area contributed by atoms with Crippen molar-refractivity contribution < 1.29 is 9.18 Å². The molecule has 0 bridgehead atoms. The van der Waals surface area contributed by atoms with Crippen LogP contribution in [0.5, 0.6) is 0 Å². The maximum Gasteiger partial charge on any atom is 0.254 e. The van der Waals surface area contributed by atoms with Gasteiger partial charge in [-0.3, -0.25) is 9.79 Å². The Labute approximate surface area is 145 Å². The van der Waals surface area contributed by atoms with Gasteiger partial charge in [0.05, 0.1) is 11.3 Å². The summed E-state index contributed by atoms with van der Waals surface area (Å²) in [5, 5.41) is 5.79. The molecular formula is C17H23FN6O. The Kier molecular flexibility index (Phi) is 4.98. The van der Waals surface area contributed by atoms with E-state index in [1.165, 1.54) is 12.4 Å². The molecule has 3 rings (SSSR count). The predicted octanol–water partition coefficient (Wildman–Crippen LogP) is 1.15. The summed E-state index contributed by atoms with van der Waals surface area (Å²) < 4.78 is 14.9. The van der Waals surface area contributed by atoms with Gasteiger partial charge in [0, 0.05) is 49.2 Å². The van der Waals surface area contributed by atoms with Crippen molar-refractivity contribution in [2.24, 2.45) is 16.5 Å². The van der Waals surface area contributed by atoms with Crippen LogP contribution in [0, 0.1) is 5.82 Å². The molecule has 0 radical (unpaired) electrons. The first-order valence-corrected chi connectivity index (χ1v) is 8.44. The van der Waals surface area contributed by atoms with Crippen LogP contribution in [0.4, 0.5) is 10.2 Å². The average Bonchev–Trinajstić information content (AvgIpc) is 3.00. The topological polar surface area (TPSA) is 118 Å². The molecule has 1 aliphatic heterocycles. The average molecular weight is 346 g/mol. The molecule has 0 saturated heterocycles. The molecule has 0 spiro atoms. The van der Waals surface area contributed by atoms with Gasteiger partial charge in [-0.25, -0.2) is 9.37 Å². The van der Waals surface area contributed by atoms with E-state index in [2.05, 4.69) is 20.6 Å². The number of carbonyl (C=O) groups is 1. The largest absolute Gasteiger partial charge is 0.404 e. The van der Waals surface area contributed by atoms with Crippen molar-refractivity contribution in [3.8, 4) is 0 Å². The van der Waals surface area contributed by atoms with Gasteiger partial charge >= 0.3 is 0 Å². The molecule has 2 atom stereocenters. The molecule has 1 aliphatic carbocycles. The Bertz CT molecular complexity index is 745. The normalized spacial score (nSPS) is 23.6. The van der Waals surface area contributed by atoms with Gasteiger partial charge in [0.2, 0.25) is 0 Å². The van der Waals surface area contributed by atoms with Gasteiger partial charge in [-0.2, -0.15) is 0 Å². The van der Waals surface area contributed by atoms with Crippen LogP contribution >= 0.6 is 0 Å². The first kappa shape index (κ1) is 17.3. The van der Waals surface area contributed by atoms with E-state index in [1.807, 2.05) is 0 Å². The molecule has 0 aromatic carbocycles. The molecule has 8 heteroatoms. The molecule has 2 heterocycles. The van der Waals surface area contributed by atoms with Crippen LogP contribution in [0.15, 0.2) is 11.2 Å². The van der Waals surface area contributed by atoms with Crippen LogP contribution < -0.4 is 22.1 Å². The lowest BCUT2D eigenvalue weighted by molar-refractivity contribution is 0.0965. The summed E-state index contributed by atoms with van der Waals surface area (Å²) >= 11 is 0. The Morgan fingerprint density at radius 2 is 2.20 bits per heavy atom. The van der Waals surface area contributed by atoms with E-state index in [0.29, 0.717) is 16.8 Å². The van der Waals surface area contributed by atoms with E-state index in [1.54, 1.807) is 7.05 Å². The summed E-state index contributed by atoms with van der Waals surface area (Å²) in [5.74, 6) is -0.766. The Hall–Kier alpha value is -2.48. The van der Waals surface area contributed by atoms with Crippen molar-refractivity contribution in [1.29, 1.82) is 0 Å². The molecule has 6 N–H and O–H groups in total. The Morgan fingerprint density at radius 3 is 2.88 bits per heavy atom. The lowest BCUT2D eigenvalue weighted by Gasteiger charge is -2.30. The van der Waals surface area contributed by atoms with Crippen molar-refractivity contribution in [3.63, 3.8) is 0 Å². The zero-order chi connectivity index (χ0) is 18.0. The molecule has 0 unspecified atom stereocenters. The predicted molar refractivity (Wildman–Crippen MR) is 95.8 cm³/mol. The van der Waals surface area contributed by atoms with E-state index < -0.39 is 5.82 Å². The second kappa shape index (κ2) is 7.18. The van der Waals surface area contributed by atoms with Crippen molar-refractivity contribution in [1.82, 2.24) is 10.3 Å². The Morgan fingerprint density at radius 1 is 1.44 bits per heavy atom. The fourth-order valence-electron chi connectivity index (χ4n) is 3.42. The summed E-state index contributed by atoms with van der Waals surface area (Å²) in [6.45, 7) is 0.127. The quantitative estimate of drug-likeness (QED) is 0.610. The van der Waals surface area contributed by atoms with Crippen LogP contribution in [-0.2, 0) is 6.54 Å². The molecular weight excluding hydrogens is 323 g/mol. The number of nitrogens with two attached hydrogens (primary N) is 2. The van der Waals surface area contributed by atoms with Crippen LogP contribution in [-0.4, -0.2) is 36.2 Å². The smallest absolute Gasteiger partial charge is 0.254 e. The first-order chi connectivity index (χ1) is 12.1. The number of hydrogen-bond acceptors (Lipinski definition) is 6. The summed E-state index contributed by atoms with van der Waals surface area (Å²) in [6.07, 6.45) is 6.70. The summed E-state index contributed by atoms with van der Waals surface area (Å²) in [7, 11) is 1.59. The van der Waals surface area contributed by atoms with Gasteiger partial charge in [-0.15, -0.1) is 0 Å². The number of nitrogens with zero attached hydrogens (tertiary/aromatic N) is 2. The number of aromatic nitrogens is 1. The number of allylic oxidation sites excluding steroid dienone is 1. The van der Waals surface area contributed by atoms with Crippen LogP contribution in [0.1, 0.15) is 47.3 Å². The second-order valence-corrected chi connectivity index (χ2v) is 6.37. The highest BCUT2D eigenvalue weighted by atomic mass is 19.1. The van der Waals surface area contributed by atoms with E-state index in [9.17, 15) is 9.18 Å². The molecule has 1 aromatic heterocycles. The number of anilines is 1. The number of rotatable bonds is 4. The van der Waals surface area contributed by atoms with Gasteiger partial charge < -0.3 is 22.1 Å². The van der Waals surface area contributed by atoms with Gasteiger partial charge in [-0.1, -0.05) is 12.8 Å². The first-order valence-electron chi connectivity index (χ1n) is 8.44. The summed E-state index contributed by atoms with van der Waals surface area (Å²) in [5.41, 5.74) is 13.1. The SMILES string of the molecule is CN=C/C(=C\N)c1nc(N[C@@H]2CCCC[C@@H]2N)c(F)c2c1C(=O)NC2. The van der Waals surface area contributed by atoms with E-state index in [-0.39, 0.29) is 35.9 Å². The third kappa shape index (κ3) is 3.21. The summed E-state index contributed by atoms with van der Waals surface area (Å²) in [4.78, 5) is 20.5. The van der Waals surface area contributed by atoms with Crippen LogP contribution in [0.2, 0.25) is 0 Å². The zero-order valence-electron chi connectivity index (χ0n) is 14.2. The monoisotopic (exact) mass is 346 g/mol. The minimum absolute atomic E-state index is 0.0446. The number of fused-ring (bicyclic) bond motifs is 1.